The van der Waals surface area contributed by atoms with Crippen molar-refractivity contribution in [2.45, 2.75) is 38.5 Å². The van der Waals surface area contributed by atoms with Crippen molar-refractivity contribution < 1.29 is 64.3 Å². The maximum absolute atomic E-state index is 12.3. The van der Waals surface area contributed by atoms with Crippen LogP contribution in [0.1, 0.15) is 38.5 Å². The molecule has 1 aliphatic carbocycles. The molecule has 0 radical (unpaired) electrons. The second-order valence-electron chi connectivity index (χ2n) is 5.26. The van der Waals surface area contributed by atoms with Gasteiger partial charge in [0, 0.05) is 6.54 Å². The second kappa shape index (κ2) is 6.06. The summed E-state index contributed by atoms with van der Waals surface area (Å²) in [5, 5.41) is 0. The van der Waals surface area contributed by atoms with Crippen LogP contribution in [0.5, 0.6) is 0 Å². The van der Waals surface area contributed by atoms with E-state index < -0.39 is 13.4 Å². The molecule has 0 aromatic carbocycles. The SMILES string of the molecule is F[B-](F)(F)CN1CCC2(CCCCC2)C1.[K+]. The molecule has 0 N–H and O–H groups in total. The average molecular weight is 259 g/mol. The maximum atomic E-state index is 12.3. The molecule has 1 heterocycles. The van der Waals surface area contributed by atoms with Crippen LogP contribution in [0.3, 0.4) is 0 Å². The zero-order valence-electron chi connectivity index (χ0n) is 10.0. The molecule has 1 spiro atoms. The molecule has 0 atom stereocenters. The number of likely N-dealkylation sites (tertiary alicyclic amines) is 1. The molecular weight excluding hydrogens is 241 g/mol. The van der Waals surface area contributed by atoms with Gasteiger partial charge in [-0.25, -0.2) is 0 Å². The van der Waals surface area contributed by atoms with Crippen LogP contribution in [-0.2, 0) is 0 Å². The fraction of sp³-hybridized carbons (Fsp3) is 1.00. The summed E-state index contributed by atoms with van der Waals surface area (Å²) < 4.78 is 36.9. The largest absolute Gasteiger partial charge is 1.00 e. The van der Waals surface area contributed by atoms with Crippen LogP contribution in [0.2, 0.25) is 0 Å². The summed E-state index contributed by atoms with van der Waals surface area (Å²) in [6, 6.07) is 0. The summed E-state index contributed by atoms with van der Waals surface area (Å²) in [5.41, 5.74) is 0.250. The minimum absolute atomic E-state index is 0. The smallest absolute Gasteiger partial charge is 0.448 e. The van der Waals surface area contributed by atoms with Crippen molar-refractivity contribution in [2.24, 2.45) is 5.41 Å². The summed E-state index contributed by atoms with van der Waals surface area (Å²) in [5.74, 6) is 0. The van der Waals surface area contributed by atoms with Crippen molar-refractivity contribution in [1.29, 1.82) is 0 Å². The molecular formula is C10H18BF3KN. The van der Waals surface area contributed by atoms with Crippen LogP contribution in [0, 0.1) is 5.41 Å². The van der Waals surface area contributed by atoms with Crippen LogP contribution in [0.15, 0.2) is 0 Å². The van der Waals surface area contributed by atoms with E-state index in [0.29, 0.717) is 13.1 Å². The van der Waals surface area contributed by atoms with Gasteiger partial charge in [0.2, 0.25) is 0 Å². The van der Waals surface area contributed by atoms with Crippen LogP contribution < -0.4 is 51.4 Å². The first-order valence-corrected chi connectivity index (χ1v) is 5.93. The van der Waals surface area contributed by atoms with E-state index in [1.165, 1.54) is 19.3 Å². The van der Waals surface area contributed by atoms with Gasteiger partial charge in [-0.3, -0.25) is 0 Å². The Hall–Kier alpha value is 1.45. The summed E-state index contributed by atoms with van der Waals surface area (Å²) in [6.45, 7) is -3.29. The van der Waals surface area contributed by atoms with Gasteiger partial charge in [-0.15, -0.1) is 0 Å². The van der Waals surface area contributed by atoms with E-state index in [4.69, 9.17) is 0 Å². The summed E-state index contributed by atoms with van der Waals surface area (Å²) in [7, 11) is 0. The number of hydrogen-bond acceptors (Lipinski definition) is 1. The normalized spacial score (nSPS) is 25.7. The van der Waals surface area contributed by atoms with Gasteiger partial charge in [-0.05, 0) is 37.7 Å². The van der Waals surface area contributed by atoms with Gasteiger partial charge in [0.25, 0.3) is 0 Å². The van der Waals surface area contributed by atoms with Gasteiger partial charge in [0.15, 0.2) is 0 Å². The Morgan fingerprint density at radius 2 is 1.62 bits per heavy atom. The molecule has 0 amide bonds. The van der Waals surface area contributed by atoms with Crippen molar-refractivity contribution in [3.8, 4) is 0 Å². The van der Waals surface area contributed by atoms with Crippen molar-refractivity contribution in [2.75, 3.05) is 19.5 Å². The Morgan fingerprint density at radius 1 is 1.00 bits per heavy atom. The fourth-order valence-corrected chi connectivity index (χ4v) is 3.19. The van der Waals surface area contributed by atoms with E-state index in [1.807, 2.05) is 0 Å². The van der Waals surface area contributed by atoms with E-state index in [9.17, 15) is 12.9 Å². The molecule has 1 nitrogen and oxygen atoms in total. The molecule has 0 bridgehead atoms. The predicted molar refractivity (Wildman–Crippen MR) is 55.7 cm³/mol. The Balaban J connectivity index is 0.00000128. The van der Waals surface area contributed by atoms with E-state index in [1.54, 1.807) is 4.90 Å². The number of halogens is 3. The molecule has 2 aliphatic rings. The fourth-order valence-electron chi connectivity index (χ4n) is 3.19. The molecule has 0 unspecified atom stereocenters. The Bertz CT molecular complexity index is 229. The molecule has 16 heavy (non-hydrogen) atoms. The van der Waals surface area contributed by atoms with Gasteiger partial charge >= 0.3 is 58.4 Å². The molecule has 1 saturated carbocycles. The quantitative estimate of drug-likeness (QED) is 0.633. The minimum Gasteiger partial charge on any atom is -0.448 e. The number of hydrogen-bond donors (Lipinski definition) is 0. The van der Waals surface area contributed by atoms with Crippen molar-refractivity contribution in [1.82, 2.24) is 4.90 Å². The van der Waals surface area contributed by atoms with Crippen LogP contribution in [0.4, 0.5) is 12.9 Å². The first kappa shape index (κ1) is 15.5. The van der Waals surface area contributed by atoms with Gasteiger partial charge in [0.1, 0.15) is 0 Å². The van der Waals surface area contributed by atoms with Crippen molar-refractivity contribution in [3.63, 3.8) is 0 Å². The molecule has 2 rings (SSSR count). The molecule has 6 heteroatoms. The third-order valence-corrected chi connectivity index (χ3v) is 3.90. The van der Waals surface area contributed by atoms with E-state index >= 15 is 0 Å². The summed E-state index contributed by atoms with van der Waals surface area (Å²) in [6.07, 6.45) is 6.32. The predicted octanol–water partition coefficient (Wildman–Crippen LogP) is 0.0332. The third-order valence-electron chi connectivity index (χ3n) is 3.90. The third kappa shape index (κ3) is 4.28. The Morgan fingerprint density at radius 3 is 2.19 bits per heavy atom. The zero-order chi connectivity index (χ0) is 10.9. The standard InChI is InChI=1S/C10H18BF3N.K/c12-11(13,14)9-15-7-6-10(8-15)4-2-1-3-5-10;/h1-9H2;/q-1;+1. The molecule has 1 aliphatic heterocycles. The maximum Gasteiger partial charge on any atom is 1.00 e. The minimum atomic E-state index is -4.63. The van der Waals surface area contributed by atoms with Gasteiger partial charge in [-0.1, -0.05) is 19.3 Å². The molecule has 88 valence electrons. The molecule has 2 fully saturated rings. The van der Waals surface area contributed by atoms with Crippen molar-refractivity contribution in [3.05, 3.63) is 0 Å². The zero-order valence-corrected chi connectivity index (χ0v) is 13.1. The number of nitrogens with zero attached hydrogens (tertiary/aromatic N) is 1. The Kier molecular flexibility index (Phi) is 5.88. The number of rotatable bonds is 2. The Labute approximate surface area is 138 Å². The van der Waals surface area contributed by atoms with Crippen molar-refractivity contribution >= 4 is 6.98 Å². The molecule has 0 aromatic rings. The van der Waals surface area contributed by atoms with Crippen LogP contribution in [0.25, 0.3) is 0 Å². The monoisotopic (exact) mass is 259 g/mol. The van der Waals surface area contributed by atoms with E-state index in [0.717, 1.165) is 19.3 Å². The van der Waals surface area contributed by atoms with Gasteiger partial charge in [-0.2, -0.15) is 0 Å². The van der Waals surface area contributed by atoms with Crippen LogP contribution >= 0.6 is 0 Å². The summed E-state index contributed by atoms with van der Waals surface area (Å²) >= 11 is 0. The van der Waals surface area contributed by atoms with Crippen LogP contribution in [-0.4, -0.2) is 31.4 Å². The van der Waals surface area contributed by atoms with Gasteiger partial charge in [0.05, 0.1) is 0 Å². The molecule has 0 aromatic heterocycles. The topological polar surface area (TPSA) is 3.24 Å². The first-order valence-electron chi connectivity index (χ1n) is 5.93. The van der Waals surface area contributed by atoms with E-state index in [-0.39, 0.29) is 56.8 Å². The van der Waals surface area contributed by atoms with E-state index in [2.05, 4.69) is 0 Å². The average Bonchev–Trinajstić information content (AvgIpc) is 2.47. The first-order chi connectivity index (χ1) is 6.99. The second-order valence-corrected chi connectivity index (χ2v) is 5.26. The van der Waals surface area contributed by atoms with Gasteiger partial charge < -0.3 is 17.8 Å². The summed E-state index contributed by atoms with van der Waals surface area (Å²) in [4.78, 5) is 1.62. The molecule has 1 saturated heterocycles.